The third-order valence-electron chi connectivity index (χ3n) is 1.26. The van der Waals surface area contributed by atoms with Crippen LogP contribution < -0.4 is 0 Å². The summed E-state index contributed by atoms with van der Waals surface area (Å²) in [5.41, 5.74) is 0. The second-order valence-corrected chi connectivity index (χ2v) is 2.20. The highest BCUT2D eigenvalue weighted by atomic mass is 16.5. The maximum Gasteiger partial charge on any atom is 0.330 e. The number of esters is 1. The minimum Gasteiger partial charge on any atom is -0.455 e. The van der Waals surface area contributed by atoms with Crippen molar-refractivity contribution in [3.63, 3.8) is 0 Å². The van der Waals surface area contributed by atoms with Gasteiger partial charge in [0.25, 0.3) is 0 Å². The Kier molecular flexibility index (Phi) is 5.54. The van der Waals surface area contributed by atoms with Crippen LogP contribution >= 0.6 is 0 Å². The molecular formula is C8H8N2O4. The number of carbonyl (C=O) groups is 1. The third kappa shape index (κ3) is 4.11. The number of hydrogen-bond donors (Lipinski definition) is 0. The summed E-state index contributed by atoms with van der Waals surface area (Å²) < 4.78 is 4.66. The minimum atomic E-state index is -1.10. The van der Waals surface area contributed by atoms with Crippen LogP contribution in [0.15, 0.2) is 22.6 Å². The average Bonchev–Trinajstić information content (AvgIpc) is 2.17. The van der Waals surface area contributed by atoms with Gasteiger partial charge in [0.15, 0.2) is 0 Å². The maximum absolute atomic E-state index is 10.7. The van der Waals surface area contributed by atoms with Crippen LogP contribution in [-0.2, 0) is 19.1 Å². The Morgan fingerprint density at radius 3 is 2.29 bits per heavy atom. The molecular weight excluding hydrogens is 188 g/mol. The Hall–Kier alpha value is -2.03. The predicted octanol–water partition coefficient (Wildman–Crippen LogP) is 0.102. The fourth-order valence-corrected chi connectivity index (χ4v) is 0.639. The van der Waals surface area contributed by atoms with E-state index in [0.29, 0.717) is 0 Å². The molecule has 0 N–H and O–H groups in total. The zero-order chi connectivity index (χ0) is 11.0. The molecule has 1 unspecified atom stereocenters. The van der Waals surface area contributed by atoms with E-state index >= 15 is 0 Å². The van der Waals surface area contributed by atoms with E-state index in [1.54, 1.807) is 0 Å². The molecule has 6 heteroatoms. The largest absolute Gasteiger partial charge is 0.455 e. The number of ether oxygens (including phenoxy) is 1. The summed E-state index contributed by atoms with van der Waals surface area (Å²) in [4.78, 5) is 36.8. The highest BCUT2D eigenvalue weighted by Gasteiger charge is 2.18. The highest BCUT2D eigenvalue weighted by Crippen LogP contribution is 2.04. The Morgan fingerprint density at radius 2 is 1.93 bits per heavy atom. The summed E-state index contributed by atoms with van der Waals surface area (Å²) in [5.74, 6) is -0.690. The summed E-state index contributed by atoms with van der Waals surface area (Å²) in [7, 11) is 0. The molecule has 0 saturated carbocycles. The van der Waals surface area contributed by atoms with Gasteiger partial charge in [0.1, 0.15) is 6.10 Å². The number of carbonyl (C=O) groups excluding carboxylic acids is 3. The second kappa shape index (κ2) is 6.48. The van der Waals surface area contributed by atoms with Crippen LogP contribution in [0.4, 0.5) is 0 Å². The van der Waals surface area contributed by atoms with Gasteiger partial charge in [-0.1, -0.05) is 6.58 Å². The molecule has 0 aromatic heterocycles. The molecule has 0 amide bonds. The van der Waals surface area contributed by atoms with E-state index in [4.69, 9.17) is 0 Å². The van der Waals surface area contributed by atoms with Crippen molar-refractivity contribution in [3.8, 4) is 0 Å². The number of hydrogen-bond acceptors (Lipinski definition) is 6. The van der Waals surface area contributed by atoms with Crippen molar-refractivity contribution in [1.29, 1.82) is 0 Å². The second-order valence-electron chi connectivity index (χ2n) is 2.20. The van der Waals surface area contributed by atoms with Crippen molar-refractivity contribution in [2.24, 2.45) is 9.98 Å². The first kappa shape index (κ1) is 12.0. The van der Waals surface area contributed by atoms with Crippen molar-refractivity contribution in [2.75, 3.05) is 0 Å². The average molecular weight is 196 g/mol. The lowest BCUT2D eigenvalue weighted by molar-refractivity contribution is -0.142. The monoisotopic (exact) mass is 196 g/mol. The minimum absolute atomic E-state index is 0.690. The Labute approximate surface area is 80.0 Å². The maximum atomic E-state index is 10.7. The molecule has 0 heterocycles. The van der Waals surface area contributed by atoms with Crippen LogP contribution in [-0.4, -0.2) is 30.4 Å². The molecule has 1 atom stereocenters. The first-order valence-electron chi connectivity index (χ1n) is 3.62. The van der Waals surface area contributed by atoms with Crippen LogP contribution in [0.2, 0.25) is 0 Å². The molecule has 0 spiro atoms. The molecule has 0 radical (unpaired) electrons. The summed E-state index contributed by atoms with van der Waals surface area (Å²) in [6, 6.07) is 0. The lowest BCUT2D eigenvalue weighted by Gasteiger charge is -2.13. The Balaban J connectivity index is 4.50. The van der Waals surface area contributed by atoms with E-state index in [-0.39, 0.29) is 0 Å². The first-order chi connectivity index (χ1) is 6.65. The normalized spacial score (nSPS) is 12.6. The molecule has 0 aromatic carbocycles. The molecule has 0 aliphatic carbocycles. The quantitative estimate of drug-likeness (QED) is 0.270. The highest BCUT2D eigenvalue weighted by molar-refractivity contribution is 5.81. The van der Waals surface area contributed by atoms with Gasteiger partial charge in [0.05, 0.1) is 0 Å². The molecule has 6 nitrogen and oxygen atoms in total. The van der Waals surface area contributed by atoms with Gasteiger partial charge in [-0.25, -0.2) is 14.4 Å². The number of isocyanates is 2. The lowest BCUT2D eigenvalue weighted by Crippen LogP contribution is -2.24. The zero-order valence-electron chi connectivity index (χ0n) is 7.47. The van der Waals surface area contributed by atoms with Gasteiger partial charge in [-0.3, -0.25) is 0 Å². The standard InChI is InChI=1S/C8H8N2O4/c1-3-7(13)14-6(2)8(9-4-11)10-5-12/h3,6,8H,1H2,2H3. The van der Waals surface area contributed by atoms with Gasteiger partial charge in [-0.15, -0.1) is 0 Å². The van der Waals surface area contributed by atoms with Gasteiger partial charge in [0, 0.05) is 6.08 Å². The van der Waals surface area contributed by atoms with E-state index in [9.17, 15) is 14.4 Å². The van der Waals surface area contributed by atoms with E-state index in [1.807, 2.05) is 0 Å². The van der Waals surface area contributed by atoms with Gasteiger partial charge in [0.2, 0.25) is 18.3 Å². The fourth-order valence-electron chi connectivity index (χ4n) is 0.639. The fraction of sp³-hybridized carbons (Fsp3) is 0.375. The van der Waals surface area contributed by atoms with Crippen molar-refractivity contribution in [2.45, 2.75) is 19.2 Å². The van der Waals surface area contributed by atoms with Crippen molar-refractivity contribution in [3.05, 3.63) is 12.7 Å². The molecule has 0 rings (SSSR count). The predicted molar refractivity (Wildman–Crippen MR) is 45.8 cm³/mol. The molecule has 0 saturated heterocycles. The van der Waals surface area contributed by atoms with Crippen LogP contribution in [0, 0.1) is 0 Å². The van der Waals surface area contributed by atoms with Gasteiger partial charge >= 0.3 is 5.97 Å². The SMILES string of the molecule is C=CC(=O)OC(C)C(N=C=O)N=C=O. The van der Waals surface area contributed by atoms with Crippen molar-refractivity contribution in [1.82, 2.24) is 0 Å². The number of aliphatic imine (C=N–C) groups is 2. The molecule has 0 fully saturated rings. The van der Waals surface area contributed by atoms with Crippen LogP contribution in [0.3, 0.4) is 0 Å². The van der Waals surface area contributed by atoms with Crippen molar-refractivity contribution < 1.29 is 19.1 Å². The van der Waals surface area contributed by atoms with E-state index in [1.165, 1.54) is 19.1 Å². The lowest BCUT2D eigenvalue weighted by atomic mass is 10.3. The first-order valence-corrected chi connectivity index (χ1v) is 3.62. The topological polar surface area (TPSA) is 85.2 Å². The van der Waals surface area contributed by atoms with Crippen LogP contribution in [0.25, 0.3) is 0 Å². The third-order valence-corrected chi connectivity index (χ3v) is 1.26. The summed E-state index contributed by atoms with van der Waals surface area (Å²) in [6.45, 7) is 4.60. The molecule has 0 aliphatic heterocycles. The zero-order valence-corrected chi connectivity index (χ0v) is 7.47. The molecule has 74 valence electrons. The summed E-state index contributed by atoms with van der Waals surface area (Å²) in [5, 5.41) is 0. The Morgan fingerprint density at radius 1 is 1.43 bits per heavy atom. The Bertz CT molecular complexity index is 295. The number of nitrogens with zero attached hydrogens (tertiary/aromatic N) is 2. The van der Waals surface area contributed by atoms with Gasteiger partial charge < -0.3 is 4.74 Å². The molecule has 14 heavy (non-hydrogen) atoms. The summed E-state index contributed by atoms with van der Waals surface area (Å²) in [6.07, 6.45) is 1.42. The van der Waals surface area contributed by atoms with Crippen LogP contribution in [0.5, 0.6) is 0 Å². The molecule has 0 aliphatic rings. The van der Waals surface area contributed by atoms with Gasteiger partial charge in [-0.05, 0) is 6.92 Å². The molecule has 0 bridgehead atoms. The van der Waals surface area contributed by atoms with Gasteiger partial charge in [-0.2, -0.15) is 9.98 Å². The summed E-state index contributed by atoms with van der Waals surface area (Å²) >= 11 is 0. The smallest absolute Gasteiger partial charge is 0.330 e. The van der Waals surface area contributed by atoms with Crippen LogP contribution in [0.1, 0.15) is 6.92 Å². The van der Waals surface area contributed by atoms with E-state index in [2.05, 4.69) is 21.3 Å². The molecule has 0 aromatic rings. The van der Waals surface area contributed by atoms with Crippen molar-refractivity contribution >= 4 is 18.1 Å². The van der Waals surface area contributed by atoms with E-state index in [0.717, 1.165) is 6.08 Å². The van der Waals surface area contributed by atoms with E-state index < -0.39 is 18.2 Å². The number of rotatable bonds is 5.